The van der Waals surface area contributed by atoms with E-state index in [0.29, 0.717) is 11.3 Å². The molecule has 0 radical (unpaired) electrons. The molecule has 1 aromatic carbocycles. The SMILES string of the molecule is CC1(C(=O)Nc2ccccc2CC(=O)O)CCNCC1. The highest BCUT2D eigenvalue weighted by atomic mass is 16.4. The highest BCUT2D eigenvalue weighted by molar-refractivity contribution is 5.96. The van der Waals surface area contributed by atoms with Crippen LogP contribution in [-0.2, 0) is 16.0 Å². The molecule has 3 N–H and O–H groups in total. The monoisotopic (exact) mass is 276 g/mol. The molecule has 0 spiro atoms. The second-order valence-electron chi connectivity index (χ2n) is 5.49. The van der Waals surface area contributed by atoms with Gasteiger partial charge in [0.1, 0.15) is 0 Å². The Bertz CT molecular complexity index is 508. The summed E-state index contributed by atoms with van der Waals surface area (Å²) in [5.74, 6) is -0.934. The second-order valence-corrected chi connectivity index (χ2v) is 5.49. The fourth-order valence-electron chi connectivity index (χ4n) is 2.44. The summed E-state index contributed by atoms with van der Waals surface area (Å²) in [4.78, 5) is 23.3. The van der Waals surface area contributed by atoms with Gasteiger partial charge < -0.3 is 15.7 Å². The number of carbonyl (C=O) groups excluding carboxylic acids is 1. The summed E-state index contributed by atoms with van der Waals surface area (Å²) in [6, 6.07) is 7.06. The van der Waals surface area contributed by atoms with Crippen molar-refractivity contribution >= 4 is 17.6 Å². The molecule has 1 aliphatic heterocycles. The van der Waals surface area contributed by atoms with Crippen LogP contribution in [0.25, 0.3) is 0 Å². The van der Waals surface area contributed by atoms with E-state index in [9.17, 15) is 9.59 Å². The zero-order chi connectivity index (χ0) is 14.6. The summed E-state index contributed by atoms with van der Waals surface area (Å²) in [5, 5.41) is 15.0. The fourth-order valence-corrected chi connectivity index (χ4v) is 2.44. The van der Waals surface area contributed by atoms with Crippen LogP contribution >= 0.6 is 0 Å². The first-order chi connectivity index (χ1) is 9.51. The van der Waals surface area contributed by atoms with Gasteiger partial charge in [0.25, 0.3) is 0 Å². The van der Waals surface area contributed by atoms with E-state index in [2.05, 4.69) is 10.6 Å². The summed E-state index contributed by atoms with van der Waals surface area (Å²) in [7, 11) is 0. The maximum absolute atomic E-state index is 12.4. The molecule has 2 rings (SSSR count). The first-order valence-corrected chi connectivity index (χ1v) is 6.83. The van der Waals surface area contributed by atoms with Gasteiger partial charge in [-0.3, -0.25) is 9.59 Å². The van der Waals surface area contributed by atoms with E-state index in [4.69, 9.17) is 5.11 Å². The molecule has 1 aliphatic rings. The lowest BCUT2D eigenvalue weighted by molar-refractivity contribution is -0.136. The number of carboxylic acids is 1. The smallest absolute Gasteiger partial charge is 0.307 e. The van der Waals surface area contributed by atoms with Gasteiger partial charge in [-0.2, -0.15) is 0 Å². The van der Waals surface area contributed by atoms with Gasteiger partial charge in [-0.25, -0.2) is 0 Å². The average Bonchev–Trinajstić information content (AvgIpc) is 2.41. The van der Waals surface area contributed by atoms with Crippen LogP contribution in [0.4, 0.5) is 5.69 Å². The molecule has 108 valence electrons. The molecule has 5 heteroatoms. The van der Waals surface area contributed by atoms with Gasteiger partial charge in [0.05, 0.1) is 6.42 Å². The summed E-state index contributed by atoms with van der Waals surface area (Å²) in [6.45, 7) is 3.63. The Morgan fingerprint density at radius 1 is 1.30 bits per heavy atom. The van der Waals surface area contributed by atoms with E-state index in [1.54, 1.807) is 24.3 Å². The molecule has 0 aliphatic carbocycles. The number of carbonyl (C=O) groups is 2. The van der Waals surface area contributed by atoms with Crippen LogP contribution in [0.5, 0.6) is 0 Å². The van der Waals surface area contributed by atoms with Crippen molar-refractivity contribution in [2.45, 2.75) is 26.2 Å². The lowest BCUT2D eigenvalue weighted by Crippen LogP contribution is -2.43. The number of aliphatic carboxylic acids is 1. The number of hydrogen-bond donors (Lipinski definition) is 3. The lowest BCUT2D eigenvalue weighted by atomic mass is 9.80. The highest BCUT2D eigenvalue weighted by Crippen LogP contribution is 2.30. The van der Waals surface area contributed by atoms with Gasteiger partial charge >= 0.3 is 5.97 Å². The van der Waals surface area contributed by atoms with Crippen molar-refractivity contribution < 1.29 is 14.7 Å². The Morgan fingerprint density at radius 3 is 2.60 bits per heavy atom. The predicted octanol–water partition coefficient (Wildman–Crippen LogP) is 1.64. The Kier molecular flexibility index (Phi) is 4.39. The molecule has 1 saturated heterocycles. The molecule has 0 aromatic heterocycles. The minimum atomic E-state index is -0.903. The van der Waals surface area contributed by atoms with Crippen molar-refractivity contribution in [1.82, 2.24) is 5.32 Å². The van der Waals surface area contributed by atoms with Crippen molar-refractivity contribution in [2.75, 3.05) is 18.4 Å². The van der Waals surface area contributed by atoms with E-state index in [-0.39, 0.29) is 17.7 Å². The molecule has 0 atom stereocenters. The molecule has 0 unspecified atom stereocenters. The van der Waals surface area contributed by atoms with Crippen molar-refractivity contribution in [3.8, 4) is 0 Å². The van der Waals surface area contributed by atoms with Crippen molar-refractivity contribution in [1.29, 1.82) is 0 Å². The van der Waals surface area contributed by atoms with Gasteiger partial charge in [0.2, 0.25) is 5.91 Å². The Morgan fingerprint density at radius 2 is 1.95 bits per heavy atom. The van der Waals surface area contributed by atoms with Crippen LogP contribution in [0.15, 0.2) is 24.3 Å². The number of benzene rings is 1. The standard InChI is InChI=1S/C15H20N2O3/c1-15(6-8-16-9-7-15)14(20)17-12-5-3-2-4-11(12)10-13(18)19/h2-5,16H,6-10H2,1H3,(H,17,20)(H,18,19). The Labute approximate surface area is 118 Å². The van der Waals surface area contributed by atoms with Gasteiger partial charge in [-0.05, 0) is 37.6 Å². The molecule has 1 fully saturated rings. The summed E-state index contributed by atoms with van der Waals surface area (Å²) >= 11 is 0. The van der Waals surface area contributed by atoms with Crippen LogP contribution in [0.3, 0.4) is 0 Å². The van der Waals surface area contributed by atoms with Crippen molar-refractivity contribution in [3.63, 3.8) is 0 Å². The topological polar surface area (TPSA) is 78.4 Å². The van der Waals surface area contributed by atoms with Gasteiger partial charge in [-0.1, -0.05) is 25.1 Å². The van der Waals surface area contributed by atoms with Gasteiger partial charge in [0, 0.05) is 11.1 Å². The number of piperidine rings is 1. The zero-order valence-electron chi connectivity index (χ0n) is 11.6. The third kappa shape index (κ3) is 3.36. The number of carboxylic acid groups (broad SMARTS) is 1. The van der Waals surface area contributed by atoms with Crippen LogP contribution in [0, 0.1) is 5.41 Å². The van der Waals surface area contributed by atoms with Crippen LogP contribution < -0.4 is 10.6 Å². The van der Waals surface area contributed by atoms with Crippen LogP contribution in [0.1, 0.15) is 25.3 Å². The third-order valence-corrected chi connectivity index (χ3v) is 3.86. The predicted molar refractivity (Wildman–Crippen MR) is 76.6 cm³/mol. The Hall–Kier alpha value is -1.88. The van der Waals surface area contributed by atoms with E-state index in [0.717, 1.165) is 25.9 Å². The van der Waals surface area contributed by atoms with E-state index in [1.807, 2.05) is 6.92 Å². The van der Waals surface area contributed by atoms with Gasteiger partial charge in [0.15, 0.2) is 0 Å². The molecular weight excluding hydrogens is 256 g/mol. The summed E-state index contributed by atoms with van der Waals surface area (Å²) < 4.78 is 0. The molecule has 20 heavy (non-hydrogen) atoms. The van der Waals surface area contributed by atoms with E-state index < -0.39 is 5.97 Å². The lowest BCUT2D eigenvalue weighted by Gasteiger charge is -2.32. The normalized spacial score (nSPS) is 17.4. The number of rotatable bonds is 4. The Balaban J connectivity index is 2.13. The zero-order valence-corrected chi connectivity index (χ0v) is 11.6. The first-order valence-electron chi connectivity index (χ1n) is 6.83. The maximum Gasteiger partial charge on any atom is 0.307 e. The first kappa shape index (κ1) is 14.5. The third-order valence-electron chi connectivity index (χ3n) is 3.86. The van der Waals surface area contributed by atoms with Crippen molar-refractivity contribution in [2.24, 2.45) is 5.41 Å². The number of nitrogens with one attached hydrogen (secondary N) is 2. The molecule has 1 heterocycles. The molecule has 1 amide bonds. The van der Waals surface area contributed by atoms with Crippen LogP contribution in [0.2, 0.25) is 0 Å². The fraction of sp³-hybridized carbons (Fsp3) is 0.467. The van der Waals surface area contributed by atoms with Crippen molar-refractivity contribution in [3.05, 3.63) is 29.8 Å². The summed E-state index contributed by atoms with van der Waals surface area (Å²) in [5.41, 5.74) is 0.840. The molecule has 0 saturated carbocycles. The molecule has 5 nitrogen and oxygen atoms in total. The molecule has 0 bridgehead atoms. The van der Waals surface area contributed by atoms with Gasteiger partial charge in [-0.15, -0.1) is 0 Å². The van der Waals surface area contributed by atoms with E-state index >= 15 is 0 Å². The number of hydrogen-bond acceptors (Lipinski definition) is 3. The number of anilines is 1. The highest BCUT2D eigenvalue weighted by Gasteiger charge is 2.34. The largest absolute Gasteiger partial charge is 0.481 e. The minimum Gasteiger partial charge on any atom is -0.481 e. The second kappa shape index (κ2) is 6.05. The number of para-hydroxylation sites is 1. The molecule has 1 aromatic rings. The quantitative estimate of drug-likeness (QED) is 0.781. The average molecular weight is 276 g/mol. The molecular formula is C15H20N2O3. The summed E-state index contributed by atoms with van der Waals surface area (Å²) in [6.07, 6.45) is 1.49. The minimum absolute atomic E-state index is 0.0307. The van der Waals surface area contributed by atoms with Crippen LogP contribution in [-0.4, -0.2) is 30.1 Å². The number of amides is 1. The maximum atomic E-state index is 12.4. The van der Waals surface area contributed by atoms with E-state index in [1.165, 1.54) is 0 Å².